The molecule has 2 rings (SSSR count). The van der Waals surface area contributed by atoms with Crippen LogP contribution in [0.1, 0.15) is 69.8 Å². The maximum Gasteiger partial charge on any atom is 0.434 e. The number of carbonyl (C=O) groups excluding carboxylic acids is 2. The Morgan fingerprint density at radius 3 is 2.25 bits per heavy atom. The van der Waals surface area contributed by atoms with Gasteiger partial charge >= 0.3 is 12.1 Å². The molecule has 10 heteroatoms. The van der Waals surface area contributed by atoms with Crippen molar-refractivity contribution in [2.75, 3.05) is 6.61 Å². The number of ether oxygens (including phenoxy) is 1. The molecule has 0 saturated heterocycles. The molecule has 1 aliphatic rings. The third-order valence-corrected chi connectivity index (χ3v) is 3.59. The minimum absolute atomic E-state index is 0.235. The summed E-state index contributed by atoms with van der Waals surface area (Å²) in [5.74, 6) is -2.03. The van der Waals surface area contributed by atoms with Crippen molar-refractivity contribution in [3.8, 4) is 0 Å². The monoisotopic (exact) mass is 371 g/mol. The number of aromatic nitrogens is 1. The number of pyridine rings is 1. The minimum atomic E-state index is -5.18. The van der Waals surface area contributed by atoms with Crippen LogP contribution in [0.3, 0.4) is 0 Å². The van der Waals surface area contributed by atoms with Gasteiger partial charge in [0.05, 0.1) is 17.7 Å². The van der Waals surface area contributed by atoms with Gasteiger partial charge in [0.15, 0.2) is 5.69 Å². The molecular formula is C14H11ClF5NO3. The van der Waals surface area contributed by atoms with Crippen molar-refractivity contribution in [3.63, 3.8) is 0 Å². The van der Waals surface area contributed by atoms with Crippen LogP contribution >= 0.6 is 11.6 Å². The number of alkyl halides is 5. The van der Waals surface area contributed by atoms with Gasteiger partial charge < -0.3 is 4.74 Å². The fourth-order valence-corrected chi connectivity index (χ4v) is 2.58. The van der Waals surface area contributed by atoms with Crippen LogP contribution in [0.25, 0.3) is 0 Å². The van der Waals surface area contributed by atoms with Gasteiger partial charge in [-0.1, -0.05) is 0 Å². The lowest BCUT2D eigenvalue weighted by Gasteiger charge is -2.19. The van der Waals surface area contributed by atoms with E-state index >= 15 is 0 Å². The van der Waals surface area contributed by atoms with Gasteiger partial charge in [-0.25, -0.2) is 18.6 Å². The molecule has 132 valence electrons. The summed E-state index contributed by atoms with van der Waals surface area (Å²) >= 11 is 5.30. The first-order valence-electron chi connectivity index (χ1n) is 6.89. The van der Waals surface area contributed by atoms with Crippen molar-refractivity contribution in [3.05, 3.63) is 28.1 Å². The lowest BCUT2D eigenvalue weighted by atomic mass is 9.94. The highest BCUT2D eigenvalue weighted by Gasteiger charge is 2.45. The smallest absolute Gasteiger partial charge is 0.434 e. The highest BCUT2D eigenvalue weighted by atomic mass is 35.5. The van der Waals surface area contributed by atoms with E-state index in [-0.39, 0.29) is 6.61 Å². The van der Waals surface area contributed by atoms with Crippen LogP contribution < -0.4 is 0 Å². The van der Waals surface area contributed by atoms with Crippen LogP contribution in [0.15, 0.2) is 0 Å². The van der Waals surface area contributed by atoms with Crippen molar-refractivity contribution in [2.24, 2.45) is 0 Å². The second-order valence-corrected chi connectivity index (χ2v) is 5.42. The molecule has 0 unspecified atom stereocenters. The average Bonchev–Trinajstić information content (AvgIpc) is 3.28. The molecule has 0 spiro atoms. The largest absolute Gasteiger partial charge is 0.462 e. The number of hydrogen-bond donors (Lipinski definition) is 0. The van der Waals surface area contributed by atoms with Crippen LogP contribution in [-0.2, 0) is 10.9 Å². The van der Waals surface area contributed by atoms with E-state index in [1.807, 2.05) is 0 Å². The standard InChI is InChI=1S/C14H11ClF5NO3/c1-2-24-13(23)8-6(5-3-4-5)7(11(15)22)9(12(16)17)21-10(8)14(18,19)20/h5,12H,2-4H2,1H3. The SMILES string of the molecule is CCOC(=O)c1c(C(F)(F)F)nc(C(F)F)c(C(=O)Cl)c1C1CC1. The van der Waals surface area contributed by atoms with E-state index in [1.165, 1.54) is 6.92 Å². The van der Waals surface area contributed by atoms with Gasteiger partial charge in [0.2, 0.25) is 0 Å². The van der Waals surface area contributed by atoms with Gasteiger partial charge in [-0.05, 0) is 42.8 Å². The molecule has 24 heavy (non-hydrogen) atoms. The van der Waals surface area contributed by atoms with Crippen molar-refractivity contribution >= 4 is 22.8 Å². The first-order chi connectivity index (χ1) is 11.1. The maximum absolute atomic E-state index is 13.3. The van der Waals surface area contributed by atoms with Crippen molar-refractivity contribution in [2.45, 2.75) is 38.3 Å². The number of nitrogens with zero attached hydrogens (tertiary/aromatic N) is 1. The third-order valence-electron chi connectivity index (χ3n) is 3.40. The summed E-state index contributed by atoms with van der Waals surface area (Å²) in [6, 6.07) is 0. The zero-order valence-corrected chi connectivity index (χ0v) is 13.0. The molecule has 0 radical (unpaired) electrons. The van der Waals surface area contributed by atoms with E-state index < -0.39 is 57.8 Å². The first-order valence-corrected chi connectivity index (χ1v) is 7.27. The number of carbonyl (C=O) groups is 2. The lowest BCUT2D eigenvalue weighted by molar-refractivity contribution is -0.142. The molecule has 1 aromatic heterocycles. The Kier molecular flexibility index (Phi) is 5.12. The summed E-state index contributed by atoms with van der Waals surface area (Å²) in [5, 5.41) is -1.39. The zero-order valence-electron chi connectivity index (χ0n) is 12.2. The van der Waals surface area contributed by atoms with Crippen LogP contribution in [0.2, 0.25) is 0 Å². The normalized spacial score (nSPS) is 14.8. The summed E-state index contributed by atoms with van der Waals surface area (Å²) in [6.45, 7) is 1.14. The Morgan fingerprint density at radius 1 is 1.29 bits per heavy atom. The topological polar surface area (TPSA) is 56.3 Å². The summed E-state index contributed by atoms with van der Waals surface area (Å²) in [4.78, 5) is 26.5. The molecule has 0 aliphatic heterocycles. The molecule has 1 aliphatic carbocycles. The van der Waals surface area contributed by atoms with Gasteiger partial charge in [-0.2, -0.15) is 13.2 Å². The van der Waals surface area contributed by atoms with E-state index in [0.717, 1.165) is 0 Å². The summed E-state index contributed by atoms with van der Waals surface area (Å²) < 4.78 is 70.7. The summed E-state index contributed by atoms with van der Waals surface area (Å²) in [5.41, 5.74) is -5.48. The minimum Gasteiger partial charge on any atom is -0.462 e. The van der Waals surface area contributed by atoms with Crippen LogP contribution in [0, 0.1) is 0 Å². The molecule has 0 N–H and O–H groups in total. The Balaban J connectivity index is 2.90. The third kappa shape index (κ3) is 3.50. The molecule has 0 bridgehead atoms. The molecule has 1 fully saturated rings. The maximum atomic E-state index is 13.3. The average molecular weight is 372 g/mol. The molecule has 0 atom stereocenters. The second kappa shape index (κ2) is 6.62. The molecule has 1 heterocycles. The molecule has 1 saturated carbocycles. The molecule has 1 aromatic rings. The van der Waals surface area contributed by atoms with Crippen molar-refractivity contribution in [1.82, 2.24) is 4.98 Å². The van der Waals surface area contributed by atoms with Gasteiger partial charge in [0.1, 0.15) is 5.69 Å². The van der Waals surface area contributed by atoms with Gasteiger partial charge in [0.25, 0.3) is 11.7 Å². The summed E-state index contributed by atoms with van der Waals surface area (Å²) in [7, 11) is 0. The van der Waals surface area contributed by atoms with E-state index in [0.29, 0.717) is 12.8 Å². The van der Waals surface area contributed by atoms with Gasteiger partial charge in [-0.3, -0.25) is 4.79 Å². The van der Waals surface area contributed by atoms with Crippen molar-refractivity contribution < 1.29 is 36.3 Å². The fourth-order valence-electron chi connectivity index (χ4n) is 2.38. The van der Waals surface area contributed by atoms with Gasteiger partial charge in [0, 0.05) is 0 Å². The zero-order chi connectivity index (χ0) is 18.2. The second-order valence-electron chi connectivity index (χ2n) is 5.08. The fraction of sp³-hybridized carbons (Fsp3) is 0.500. The number of esters is 1. The van der Waals surface area contributed by atoms with E-state index in [2.05, 4.69) is 9.72 Å². The number of halogens is 6. The molecular weight excluding hydrogens is 361 g/mol. The van der Waals surface area contributed by atoms with E-state index in [9.17, 15) is 31.5 Å². The van der Waals surface area contributed by atoms with E-state index in [4.69, 9.17) is 11.6 Å². The number of rotatable bonds is 5. The van der Waals surface area contributed by atoms with Crippen LogP contribution in [-0.4, -0.2) is 22.8 Å². The van der Waals surface area contributed by atoms with E-state index in [1.54, 1.807) is 0 Å². The Morgan fingerprint density at radius 2 is 1.88 bits per heavy atom. The highest BCUT2D eigenvalue weighted by molar-refractivity contribution is 6.68. The highest BCUT2D eigenvalue weighted by Crippen LogP contribution is 2.48. The molecule has 0 amide bonds. The van der Waals surface area contributed by atoms with Gasteiger partial charge in [-0.15, -0.1) is 0 Å². The molecule has 4 nitrogen and oxygen atoms in total. The van der Waals surface area contributed by atoms with Crippen LogP contribution in [0.4, 0.5) is 22.0 Å². The Labute approximate surface area is 137 Å². The first kappa shape index (κ1) is 18.6. The predicted octanol–water partition coefficient (Wildman–Crippen LogP) is 4.47. The van der Waals surface area contributed by atoms with Crippen molar-refractivity contribution in [1.29, 1.82) is 0 Å². The van der Waals surface area contributed by atoms with Crippen LogP contribution in [0.5, 0.6) is 0 Å². The molecule has 0 aromatic carbocycles. The number of hydrogen-bond acceptors (Lipinski definition) is 4. The predicted molar refractivity (Wildman–Crippen MR) is 72.3 cm³/mol. The summed E-state index contributed by atoms with van der Waals surface area (Å²) in [6.07, 6.45) is -7.96. The quantitative estimate of drug-likeness (QED) is 0.435. The Bertz CT molecular complexity index is 686. The Hall–Kier alpha value is -1.77. The lowest BCUT2D eigenvalue weighted by Crippen LogP contribution is -2.23.